The first-order chi connectivity index (χ1) is 11.2. The van der Waals surface area contributed by atoms with E-state index in [1.54, 1.807) is 0 Å². The highest BCUT2D eigenvalue weighted by molar-refractivity contribution is 7.17. The first-order valence-corrected chi connectivity index (χ1v) is 8.83. The van der Waals surface area contributed by atoms with Crippen LogP contribution in [0.1, 0.15) is 27.9 Å². The maximum absolute atomic E-state index is 12.3. The summed E-state index contributed by atoms with van der Waals surface area (Å²) in [6.07, 6.45) is 1.09. The number of aromatic nitrogens is 1. The molecule has 0 atom stereocenters. The van der Waals surface area contributed by atoms with E-state index in [-0.39, 0.29) is 5.91 Å². The summed E-state index contributed by atoms with van der Waals surface area (Å²) in [5.41, 5.74) is 3.48. The Kier molecular flexibility index (Phi) is 4.81. The van der Waals surface area contributed by atoms with Gasteiger partial charge in [-0.3, -0.25) is 4.79 Å². The van der Waals surface area contributed by atoms with Crippen LogP contribution < -0.4 is 15.5 Å². The van der Waals surface area contributed by atoms with Gasteiger partial charge < -0.3 is 15.5 Å². The van der Waals surface area contributed by atoms with Crippen molar-refractivity contribution in [3.8, 4) is 0 Å². The topological polar surface area (TPSA) is 57.3 Å². The molecule has 5 nitrogen and oxygen atoms in total. The maximum atomic E-state index is 12.3. The minimum atomic E-state index is -0.0309. The molecule has 122 valence electrons. The van der Waals surface area contributed by atoms with Crippen molar-refractivity contribution < 1.29 is 4.79 Å². The van der Waals surface area contributed by atoms with Crippen LogP contribution in [0.4, 0.5) is 10.8 Å². The van der Waals surface area contributed by atoms with Crippen LogP contribution in [0.15, 0.2) is 24.3 Å². The van der Waals surface area contributed by atoms with E-state index in [1.807, 2.05) is 13.8 Å². The van der Waals surface area contributed by atoms with E-state index in [4.69, 9.17) is 0 Å². The monoisotopic (exact) mass is 330 g/mol. The molecule has 0 spiro atoms. The SMILES string of the molecule is CCNc1nc(C)c(C(=O)NCCN2CCc3ccccc32)s1. The lowest BCUT2D eigenvalue weighted by Gasteiger charge is -2.19. The molecule has 1 aliphatic heterocycles. The number of carbonyl (C=O) groups excluding carboxylic acids is 1. The fraction of sp³-hybridized carbons (Fsp3) is 0.412. The molecule has 1 aromatic carbocycles. The molecule has 0 saturated heterocycles. The highest BCUT2D eigenvalue weighted by Gasteiger charge is 2.19. The number of aryl methyl sites for hydroxylation is 1. The van der Waals surface area contributed by atoms with Gasteiger partial charge in [0.25, 0.3) is 5.91 Å². The summed E-state index contributed by atoms with van der Waals surface area (Å²) < 4.78 is 0. The summed E-state index contributed by atoms with van der Waals surface area (Å²) in [5, 5.41) is 6.98. The second-order valence-corrected chi connectivity index (χ2v) is 6.58. The molecule has 1 aromatic heterocycles. The van der Waals surface area contributed by atoms with Gasteiger partial charge in [0.2, 0.25) is 0 Å². The molecular weight excluding hydrogens is 308 g/mol. The minimum Gasteiger partial charge on any atom is -0.369 e. The van der Waals surface area contributed by atoms with Gasteiger partial charge in [-0.15, -0.1) is 0 Å². The molecule has 0 radical (unpaired) electrons. The number of fused-ring (bicyclic) bond motifs is 1. The Balaban J connectivity index is 1.54. The summed E-state index contributed by atoms with van der Waals surface area (Å²) >= 11 is 1.42. The number of amides is 1. The molecule has 2 aromatic rings. The van der Waals surface area contributed by atoms with Gasteiger partial charge in [0.05, 0.1) is 5.69 Å². The van der Waals surface area contributed by atoms with Crippen LogP contribution in [0.5, 0.6) is 0 Å². The second-order valence-electron chi connectivity index (χ2n) is 5.59. The van der Waals surface area contributed by atoms with Crippen molar-refractivity contribution in [3.05, 3.63) is 40.4 Å². The van der Waals surface area contributed by atoms with Crippen molar-refractivity contribution in [3.63, 3.8) is 0 Å². The number of benzene rings is 1. The molecule has 23 heavy (non-hydrogen) atoms. The predicted octanol–water partition coefficient (Wildman–Crippen LogP) is 2.68. The fourth-order valence-electron chi connectivity index (χ4n) is 2.86. The fourth-order valence-corrected chi connectivity index (χ4v) is 3.81. The van der Waals surface area contributed by atoms with Crippen molar-refractivity contribution in [1.82, 2.24) is 10.3 Å². The zero-order valence-electron chi connectivity index (χ0n) is 13.6. The third-order valence-corrected chi connectivity index (χ3v) is 5.10. The number of hydrogen-bond acceptors (Lipinski definition) is 5. The molecule has 0 fully saturated rings. The van der Waals surface area contributed by atoms with Gasteiger partial charge in [-0.05, 0) is 31.9 Å². The summed E-state index contributed by atoms with van der Waals surface area (Å²) in [4.78, 5) is 19.7. The first kappa shape index (κ1) is 15.8. The molecule has 6 heteroatoms. The molecule has 2 heterocycles. The van der Waals surface area contributed by atoms with Gasteiger partial charge in [-0.1, -0.05) is 29.5 Å². The largest absolute Gasteiger partial charge is 0.369 e. The number of carbonyl (C=O) groups is 1. The highest BCUT2D eigenvalue weighted by atomic mass is 32.1. The third kappa shape index (κ3) is 3.47. The molecule has 0 unspecified atom stereocenters. The van der Waals surface area contributed by atoms with E-state index in [2.05, 4.69) is 44.8 Å². The van der Waals surface area contributed by atoms with Gasteiger partial charge in [0, 0.05) is 31.9 Å². The number of para-hydroxylation sites is 1. The van der Waals surface area contributed by atoms with Crippen LogP contribution in [0.3, 0.4) is 0 Å². The minimum absolute atomic E-state index is 0.0309. The van der Waals surface area contributed by atoms with Crippen LogP contribution >= 0.6 is 11.3 Å². The Morgan fingerprint density at radius 2 is 2.22 bits per heavy atom. The van der Waals surface area contributed by atoms with E-state index in [0.717, 1.165) is 36.9 Å². The predicted molar refractivity (Wildman–Crippen MR) is 95.7 cm³/mol. The summed E-state index contributed by atoms with van der Waals surface area (Å²) in [6.45, 7) is 7.21. The van der Waals surface area contributed by atoms with Crippen LogP contribution in [-0.4, -0.2) is 37.1 Å². The molecule has 1 amide bonds. The zero-order valence-corrected chi connectivity index (χ0v) is 14.4. The van der Waals surface area contributed by atoms with E-state index in [1.165, 1.54) is 22.6 Å². The van der Waals surface area contributed by atoms with E-state index >= 15 is 0 Å². The van der Waals surface area contributed by atoms with Crippen molar-refractivity contribution in [1.29, 1.82) is 0 Å². The second kappa shape index (κ2) is 7.00. The molecule has 1 aliphatic rings. The molecule has 0 bridgehead atoms. The molecule has 0 aliphatic carbocycles. The van der Waals surface area contributed by atoms with Crippen molar-refractivity contribution in [2.24, 2.45) is 0 Å². The van der Waals surface area contributed by atoms with Gasteiger partial charge in [0.15, 0.2) is 5.13 Å². The molecule has 3 rings (SSSR count). The Hall–Kier alpha value is -2.08. The lowest BCUT2D eigenvalue weighted by atomic mass is 10.2. The number of hydrogen-bond donors (Lipinski definition) is 2. The Labute approximate surface area is 140 Å². The van der Waals surface area contributed by atoms with Gasteiger partial charge in [-0.2, -0.15) is 0 Å². The van der Waals surface area contributed by atoms with Crippen molar-refractivity contribution in [2.75, 3.05) is 36.4 Å². The summed E-state index contributed by atoms with van der Waals surface area (Å²) in [5.74, 6) is -0.0309. The van der Waals surface area contributed by atoms with Gasteiger partial charge >= 0.3 is 0 Å². The average molecular weight is 330 g/mol. The average Bonchev–Trinajstić information content (AvgIpc) is 3.12. The van der Waals surface area contributed by atoms with Crippen molar-refractivity contribution >= 4 is 28.1 Å². The Morgan fingerprint density at radius 1 is 1.39 bits per heavy atom. The summed E-state index contributed by atoms with van der Waals surface area (Å²) in [7, 11) is 0. The van der Waals surface area contributed by atoms with Crippen molar-refractivity contribution in [2.45, 2.75) is 20.3 Å². The first-order valence-electron chi connectivity index (χ1n) is 8.01. The zero-order chi connectivity index (χ0) is 16.2. The molecular formula is C17H22N4OS. The molecule has 0 saturated carbocycles. The smallest absolute Gasteiger partial charge is 0.263 e. The van der Waals surface area contributed by atoms with Gasteiger partial charge in [0.1, 0.15) is 4.88 Å². The van der Waals surface area contributed by atoms with Crippen LogP contribution in [-0.2, 0) is 6.42 Å². The highest BCUT2D eigenvalue weighted by Crippen LogP contribution is 2.26. The lowest BCUT2D eigenvalue weighted by molar-refractivity contribution is 0.0958. The normalized spacial score (nSPS) is 13.0. The van der Waals surface area contributed by atoms with E-state index < -0.39 is 0 Å². The van der Waals surface area contributed by atoms with Gasteiger partial charge in [-0.25, -0.2) is 4.98 Å². The van der Waals surface area contributed by atoms with Crippen LogP contribution in [0, 0.1) is 6.92 Å². The number of rotatable bonds is 6. The quantitative estimate of drug-likeness (QED) is 0.855. The standard InChI is InChI=1S/C17H22N4OS/c1-3-18-17-20-12(2)15(23-17)16(22)19-9-11-21-10-8-13-6-4-5-7-14(13)21/h4-7H,3,8-11H2,1-2H3,(H,18,20)(H,19,22). The number of thiazole rings is 1. The molecule has 2 N–H and O–H groups in total. The third-order valence-electron chi connectivity index (χ3n) is 3.98. The number of anilines is 2. The lowest BCUT2D eigenvalue weighted by Crippen LogP contribution is -2.34. The van der Waals surface area contributed by atoms with E-state index in [9.17, 15) is 4.79 Å². The summed E-state index contributed by atoms with van der Waals surface area (Å²) in [6, 6.07) is 8.48. The van der Waals surface area contributed by atoms with Crippen LogP contribution in [0.25, 0.3) is 0 Å². The maximum Gasteiger partial charge on any atom is 0.263 e. The van der Waals surface area contributed by atoms with Crippen LogP contribution in [0.2, 0.25) is 0 Å². The Bertz CT molecular complexity index is 698. The number of nitrogens with one attached hydrogen (secondary N) is 2. The van der Waals surface area contributed by atoms with E-state index in [0.29, 0.717) is 11.4 Å². The number of nitrogens with zero attached hydrogens (tertiary/aromatic N) is 2. The Morgan fingerprint density at radius 3 is 3.04 bits per heavy atom.